The van der Waals surface area contributed by atoms with Crippen molar-refractivity contribution in [3.8, 4) is 0 Å². The molecule has 0 aromatic carbocycles. The number of piperidine rings is 1. The SMILES string of the molecule is CC(C)CC(C)NCCOC1CCN(C(=O)OC(C)(C)C)CC1. The summed E-state index contributed by atoms with van der Waals surface area (Å²) in [7, 11) is 0. The summed E-state index contributed by atoms with van der Waals surface area (Å²) in [6.07, 6.45) is 3.02. The number of nitrogens with zero attached hydrogens (tertiary/aromatic N) is 1. The van der Waals surface area contributed by atoms with Crippen LogP contribution in [0.4, 0.5) is 4.79 Å². The third kappa shape index (κ3) is 9.16. The van der Waals surface area contributed by atoms with Crippen LogP contribution >= 0.6 is 0 Å². The van der Waals surface area contributed by atoms with Crippen LogP contribution in [-0.2, 0) is 9.47 Å². The molecule has 1 N–H and O–H groups in total. The van der Waals surface area contributed by atoms with Gasteiger partial charge in [0.1, 0.15) is 5.60 Å². The van der Waals surface area contributed by atoms with Crippen molar-refractivity contribution in [1.29, 1.82) is 0 Å². The number of likely N-dealkylation sites (tertiary alicyclic amines) is 1. The second-order valence-corrected chi connectivity index (χ2v) is 8.02. The number of ether oxygens (including phenoxy) is 2. The number of amides is 1. The molecule has 0 aromatic heterocycles. The van der Waals surface area contributed by atoms with Crippen LogP contribution in [0.15, 0.2) is 0 Å². The Bertz CT molecular complexity index is 345. The molecule has 0 aliphatic carbocycles. The van der Waals surface area contributed by atoms with Gasteiger partial charge in [0.25, 0.3) is 0 Å². The van der Waals surface area contributed by atoms with E-state index in [-0.39, 0.29) is 12.2 Å². The lowest BCUT2D eigenvalue weighted by atomic mass is 10.1. The Balaban J connectivity index is 2.13. The quantitative estimate of drug-likeness (QED) is 0.728. The van der Waals surface area contributed by atoms with E-state index in [9.17, 15) is 4.79 Å². The summed E-state index contributed by atoms with van der Waals surface area (Å²) >= 11 is 0. The van der Waals surface area contributed by atoms with Crippen LogP contribution in [-0.4, -0.2) is 55.0 Å². The lowest BCUT2D eigenvalue weighted by molar-refractivity contribution is -0.0108. The Morgan fingerprint density at radius 1 is 1.22 bits per heavy atom. The first-order valence-electron chi connectivity index (χ1n) is 9.00. The highest BCUT2D eigenvalue weighted by molar-refractivity contribution is 5.68. The van der Waals surface area contributed by atoms with Crippen molar-refractivity contribution in [2.45, 2.75) is 78.6 Å². The molecule has 1 heterocycles. The molecule has 1 amide bonds. The minimum Gasteiger partial charge on any atom is -0.444 e. The van der Waals surface area contributed by atoms with Crippen molar-refractivity contribution in [2.24, 2.45) is 5.92 Å². The lowest BCUT2D eigenvalue weighted by Gasteiger charge is -2.33. The van der Waals surface area contributed by atoms with Crippen molar-refractivity contribution in [3.63, 3.8) is 0 Å². The number of carbonyl (C=O) groups is 1. The average molecular weight is 328 g/mol. The zero-order valence-electron chi connectivity index (χ0n) is 15.9. The van der Waals surface area contributed by atoms with Crippen LogP contribution in [0.2, 0.25) is 0 Å². The number of nitrogens with one attached hydrogen (secondary N) is 1. The van der Waals surface area contributed by atoms with E-state index in [1.165, 1.54) is 6.42 Å². The smallest absolute Gasteiger partial charge is 0.410 e. The predicted molar refractivity (Wildman–Crippen MR) is 93.7 cm³/mol. The first-order chi connectivity index (χ1) is 10.7. The van der Waals surface area contributed by atoms with Crippen molar-refractivity contribution in [3.05, 3.63) is 0 Å². The second-order valence-electron chi connectivity index (χ2n) is 8.02. The molecule has 1 aliphatic heterocycles. The Morgan fingerprint density at radius 3 is 2.35 bits per heavy atom. The van der Waals surface area contributed by atoms with Crippen LogP contribution in [0.1, 0.15) is 60.8 Å². The standard InChI is InChI=1S/C18H36N2O3/c1-14(2)13-15(3)19-9-12-22-16-7-10-20(11-8-16)17(21)23-18(4,5)6/h14-16,19H,7-13H2,1-6H3. The molecule has 0 saturated carbocycles. The van der Waals surface area contributed by atoms with E-state index in [1.54, 1.807) is 4.90 Å². The fraction of sp³-hybridized carbons (Fsp3) is 0.944. The van der Waals surface area contributed by atoms with Gasteiger partial charge in [-0.15, -0.1) is 0 Å². The van der Waals surface area contributed by atoms with Gasteiger partial charge in [-0.1, -0.05) is 13.8 Å². The van der Waals surface area contributed by atoms with E-state index in [4.69, 9.17) is 9.47 Å². The minimum absolute atomic E-state index is 0.208. The van der Waals surface area contributed by atoms with Gasteiger partial charge >= 0.3 is 6.09 Å². The molecular formula is C18H36N2O3. The van der Waals surface area contributed by atoms with Crippen molar-refractivity contribution in [1.82, 2.24) is 10.2 Å². The number of hydrogen-bond acceptors (Lipinski definition) is 4. The molecule has 0 aromatic rings. The molecule has 5 heteroatoms. The summed E-state index contributed by atoms with van der Waals surface area (Å²) in [5.74, 6) is 0.718. The molecule has 1 fully saturated rings. The molecule has 5 nitrogen and oxygen atoms in total. The van der Waals surface area contributed by atoms with Gasteiger partial charge in [-0.2, -0.15) is 0 Å². The summed E-state index contributed by atoms with van der Waals surface area (Å²) in [6, 6.07) is 0.535. The Labute approximate surface area is 142 Å². The first kappa shape index (κ1) is 20.2. The van der Waals surface area contributed by atoms with Gasteiger partial charge in [-0.25, -0.2) is 4.79 Å². The predicted octanol–water partition coefficient (Wildman–Crippen LogP) is 3.43. The molecule has 136 valence electrons. The molecule has 1 atom stereocenters. The van der Waals surface area contributed by atoms with E-state index < -0.39 is 5.60 Å². The van der Waals surface area contributed by atoms with Crippen molar-refractivity contribution >= 4 is 6.09 Å². The van der Waals surface area contributed by atoms with Crippen molar-refractivity contribution < 1.29 is 14.3 Å². The van der Waals surface area contributed by atoms with Crippen molar-refractivity contribution in [2.75, 3.05) is 26.2 Å². The van der Waals surface area contributed by atoms with Crippen LogP contribution in [0.3, 0.4) is 0 Å². The van der Waals surface area contributed by atoms with Gasteiger partial charge in [0.05, 0.1) is 12.7 Å². The monoisotopic (exact) mass is 328 g/mol. The van der Waals surface area contributed by atoms with E-state index in [0.29, 0.717) is 6.04 Å². The molecule has 1 aliphatic rings. The van der Waals surface area contributed by atoms with E-state index >= 15 is 0 Å². The van der Waals surface area contributed by atoms with E-state index in [0.717, 1.165) is 45.0 Å². The maximum atomic E-state index is 12.0. The third-order valence-corrected chi connectivity index (χ3v) is 3.87. The lowest BCUT2D eigenvalue weighted by Crippen LogP contribution is -2.43. The number of carbonyl (C=O) groups excluding carboxylic acids is 1. The second kappa shape index (κ2) is 9.48. The molecule has 1 rings (SSSR count). The molecule has 23 heavy (non-hydrogen) atoms. The largest absolute Gasteiger partial charge is 0.444 e. The Morgan fingerprint density at radius 2 is 1.83 bits per heavy atom. The fourth-order valence-electron chi connectivity index (χ4n) is 2.85. The van der Waals surface area contributed by atoms with E-state index in [2.05, 4.69) is 26.1 Å². The topological polar surface area (TPSA) is 50.8 Å². The summed E-state index contributed by atoms with van der Waals surface area (Å²) in [4.78, 5) is 13.8. The summed E-state index contributed by atoms with van der Waals surface area (Å²) in [5, 5.41) is 3.50. The molecular weight excluding hydrogens is 292 g/mol. The first-order valence-corrected chi connectivity index (χ1v) is 9.00. The zero-order chi connectivity index (χ0) is 17.5. The van der Waals surface area contributed by atoms with Gasteiger partial charge in [0, 0.05) is 25.7 Å². The van der Waals surface area contributed by atoms with Crippen LogP contribution in [0.5, 0.6) is 0 Å². The molecule has 0 spiro atoms. The normalized spacial score (nSPS) is 18.3. The number of hydrogen-bond donors (Lipinski definition) is 1. The molecule has 1 saturated heterocycles. The average Bonchev–Trinajstić information content (AvgIpc) is 2.41. The maximum absolute atomic E-state index is 12.0. The zero-order valence-corrected chi connectivity index (χ0v) is 15.9. The molecule has 0 bridgehead atoms. The van der Waals surface area contributed by atoms with Gasteiger partial charge < -0.3 is 19.7 Å². The highest BCUT2D eigenvalue weighted by Gasteiger charge is 2.27. The summed E-state index contributed by atoms with van der Waals surface area (Å²) in [5.41, 5.74) is -0.428. The highest BCUT2D eigenvalue weighted by Crippen LogP contribution is 2.17. The van der Waals surface area contributed by atoms with E-state index in [1.807, 2.05) is 20.8 Å². The number of rotatable bonds is 7. The third-order valence-electron chi connectivity index (χ3n) is 3.87. The summed E-state index contributed by atoms with van der Waals surface area (Å²) < 4.78 is 11.3. The Hall–Kier alpha value is -0.810. The van der Waals surface area contributed by atoms with Crippen LogP contribution in [0.25, 0.3) is 0 Å². The molecule has 0 radical (unpaired) electrons. The van der Waals surface area contributed by atoms with Crippen LogP contribution in [0, 0.1) is 5.92 Å². The molecule has 1 unspecified atom stereocenters. The van der Waals surface area contributed by atoms with Gasteiger partial charge in [-0.3, -0.25) is 0 Å². The maximum Gasteiger partial charge on any atom is 0.410 e. The fourth-order valence-corrected chi connectivity index (χ4v) is 2.85. The summed E-state index contributed by atoms with van der Waals surface area (Å²) in [6.45, 7) is 15.5. The van der Waals surface area contributed by atoms with Gasteiger partial charge in [-0.05, 0) is 52.9 Å². The van der Waals surface area contributed by atoms with Crippen LogP contribution < -0.4 is 5.32 Å². The highest BCUT2D eigenvalue weighted by atomic mass is 16.6. The van der Waals surface area contributed by atoms with Gasteiger partial charge in [0.15, 0.2) is 0 Å². The minimum atomic E-state index is -0.428. The Kier molecular flexibility index (Phi) is 8.34. The van der Waals surface area contributed by atoms with Gasteiger partial charge in [0.2, 0.25) is 0 Å².